The van der Waals surface area contributed by atoms with Gasteiger partial charge in [0.2, 0.25) is 5.82 Å². The minimum atomic E-state index is -0.479. The lowest BCUT2D eigenvalue weighted by Gasteiger charge is -2.35. The fourth-order valence-electron chi connectivity index (χ4n) is 4.54. The van der Waals surface area contributed by atoms with E-state index in [9.17, 15) is 4.79 Å². The van der Waals surface area contributed by atoms with Gasteiger partial charge >= 0.3 is 6.03 Å². The topological polar surface area (TPSA) is 80.5 Å². The van der Waals surface area contributed by atoms with Crippen LogP contribution in [0, 0.1) is 6.92 Å². The summed E-state index contributed by atoms with van der Waals surface area (Å²) in [6.07, 6.45) is 0.961. The molecule has 1 aromatic heterocycles. The number of benzene rings is 3. The zero-order valence-corrected chi connectivity index (χ0v) is 21.5. The van der Waals surface area contributed by atoms with E-state index in [-0.39, 0.29) is 6.03 Å². The van der Waals surface area contributed by atoms with Gasteiger partial charge in [-0.05, 0) is 49.1 Å². The van der Waals surface area contributed by atoms with Crippen molar-refractivity contribution in [1.82, 2.24) is 20.4 Å². The summed E-state index contributed by atoms with van der Waals surface area (Å²) in [4.78, 5) is 19.8. The lowest BCUT2D eigenvalue weighted by Crippen LogP contribution is -2.45. The Balaban J connectivity index is 1.58. The molecule has 7 heteroatoms. The number of hydrogen-bond acceptors (Lipinski definition) is 5. The van der Waals surface area contributed by atoms with Gasteiger partial charge in [-0.3, -0.25) is 4.90 Å². The number of hydrogen-bond donors (Lipinski definition) is 1. The molecule has 4 aromatic rings. The highest BCUT2D eigenvalue weighted by Gasteiger charge is 2.36. The summed E-state index contributed by atoms with van der Waals surface area (Å²) in [5.74, 6) is 1.58. The quantitative estimate of drug-likeness (QED) is 0.325. The molecule has 0 fully saturated rings. The Morgan fingerprint density at radius 3 is 2.43 bits per heavy atom. The molecule has 0 bridgehead atoms. The summed E-state index contributed by atoms with van der Waals surface area (Å²) in [6.45, 7) is 6.51. The number of methoxy groups -OCH3 is 1. The molecule has 0 radical (unpaired) electrons. The van der Waals surface area contributed by atoms with Crippen molar-refractivity contribution in [3.63, 3.8) is 0 Å². The van der Waals surface area contributed by atoms with Crippen LogP contribution in [0.1, 0.15) is 48.0 Å². The van der Waals surface area contributed by atoms with Gasteiger partial charge in [0.05, 0.1) is 25.3 Å². The Labute approximate surface area is 216 Å². The normalized spacial score (nSPS) is 15.6. The molecule has 0 saturated heterocycles. The molecule has 1 atom stereocenters. The average Bonchev–Trinajstić information content (AvgIpc) is 3.41. The van der Waals surface area contributed by atoms with Crippen LogP contribution in [0.2, 0.25) is 0 Å². The fraction of sp³-hybridized carbons (Fsp3) is 0.233. The largest absolute Gasteiger partial charge is 0.497 e. The molecule has 5 rings (SSSR count). The predicted molar refractivity (Wildman–Crippen MR) is 143 cm³/mol. The van der Waals surface area contributed by atoms with Gasteiger partial charge in [-0.25, -0.2) is 4.79 Å². The fourth-order valence-corrected chi connectivity index (χ4v) is 4.54. The number of carbonyl (C=O) groups excluding carboxylic acids is 1. The van der Waals surface area contributed by atoms with Gasteiger partial charge in [0.25, 0.3) is 5.89 Å². The van der Waals surface area contributed by atoms with Gasteiger partial charge in [-0.2, -0.15) is 4.98 Å². The minimum Gasteiger partial charge on any atom is -0.497 e. The number of aryl methyl sites for hydroxylation is 2. The molecule has 3 aromatic carbocycles. The van der Waals surface area contributed by atoms with Gasteiger partial charge in [-0.1, -0.05) is 78.3 Å². The van der Waals surface area contributed by atoms with E-state index in [1.165, 1.54) is 11.1 Å². The molecule has 7 nitrogen and oxygen atoms in total. The maximum absolute atomic E-state index is 13.4. The Bertz CT molecular complexity index is 1440. The second kappa shape index (κ2) is 10.3. The molecule has 0 aliphatic carbocycles. The molecule has 1 unspecified atom stereocenters. The van der Waals surface area contributed by atoms with E-state index in [0.717, 1.165) is 34.4 Å². The highest BCUT2D eigenvalue weighted by molar-refractivity contribution is 5.87. The van der Waals surface area contributed by atoms with Crippen LogP contribution in [0.25, 0.3) is 17.0 Å². The zero-order chi connectivity index (χ0) is 25.9. The summed E-state index contributed by atoms with van der Waals surface area (Å²) in [5.41, 5.74) is 6.69. The second-order valence-electron chi connectivity index (χ2n) is 9.20. The maximum Gasteiger partial charge on any atom is 0.322 e. The van der Waals surface area contributed by atoms with Crippen molar-refractivity contribution in [1.29, 1.82) is 0 Å². The number of allylic oxidation sites excluding steroid dienone is 1. The highest BCUT2D eigenvalue weighted by atomic mass is 16.5. The number of urea groups is 1. The Morgan fingerprint density at radius 2 is 1.73 bits per heavy atom. The van der Waals surface area contributed by atoms with Crippen LogP contribution >= 0.6 is 0 Å². The van der Waals surface area contributed by atoms with E-state index in [2.05, 4.69) is 29.5 Å². The third kappa shape index (κ3) is 4.98. The molecule has 37 heavy (non-hydrogen) atoms. The summed E-state index contributed by atoms with van der Waals surface area (Å²) < 4.78 is 11.3. The van der Waals surface area contributed by atoms with Gasteiger partial charge in [0.15, 0.2) is 0 Å². The molecule has 0 saturated carbocycles. The molecule has 0 spiro atoms. The summed E-state index contributed by atoms with van der Waals surface area (Å²) in [6, 6.07) is 23.3. The lowest BCUT2D eigenvalue weighted by molar-refractivity contribution is 0.203. The number of carbonyl (C=O) groups is 1. The van der Waals surface area contributed by atoms with Crippen LogP contribution in [0.3, 0.4) is 0 Å². The first-order valence-corrected chi connectivity index (χ1v) is 12.4. The summed E-state index contributed by atoms with van der Waals surface area (Å²) >= 11 is 0. The molecule has 1 aliphatic heterocycles. The minimum absolute atomic E-state index is 0.190. The van der Waals surface area contributed by atoms with Crippen molar-refractivity contribution in [2.45, 2.75) is 39.8 Å². The van der Waals surface area contributed by atoms with Crippen molar-refractivity contribution >= 4 is 11.6 Å². The third-order valence-corrected chi connectivity index (χ3v) is 6.76. The second-order valence-corrected chi connectivity index (χ2v) is 9.20. The highest BCUT2D eigenvalue weighted by Crippen LogP contribution is 2.38. The van der Waals surface area contributed by atoms with Gasteiger partial charge in [-0.15, -0.1) is 0 Å². The van der Waals surface area contributed by atoms with Crippen LogP contribution in [-0.4, -0.2) is 28.2 Å². The van der Waals surface area contributed by atoms with Crippen LogP contribution in [0.4, 0.5) is 4.79 Å². The van der Waals surface area contributed by atoms with Crippen LogP contribution in [-0.2, 0) is 13.0 Å². The molecule has 1 N–H and O–H groups in total. The monoisotopic (exact) mass is 494 g/mol. The van der Waals surface area contributed by atoms with Gasteiger partial charge < -0.3 is 14.6 Å². The van der Waals surface area contributed by atoms with Gasteiger partial charge in [0, 0.05) is 11.3 Å². The van der Waals surface area contributed by atoms with Crippen molar-refractivity contribution in [3.8, 4) is 17.1 Å². The van der Waals surface area contributed by atoms with E-state index in [4.69, 9.17) is 14.2 Å². The molecular formula is C30H30N4O3. The van der Waals surface area contributed by atoms with E-state index in [1.54, 1.807) is 12.0 Å². The third-order valence-electron chi connectivity index (χ3n) is 6.76. The van der Waals surface area contributed by atoms with Crippen molar-refractivity contribution in [2.75, 3.05) is 7.11 Å². The Hall–Kier alpha value is -4.39. The van der Waals surface area contributed by atoms with Crippen LogP contribution in [0.5, 0.6) is 5.75 Å². The molecule has 1 aliphatic rings. The van der Waals surface area contributed by atoms with Gasteiger partial charge in [0.1, 0.15) is 5.75 Å². The SMILES string of the molecule is CCc1ccc(-c2noc(C3=C(C)N(Cc4ccc(C)cc4)C(=O)NC3c3cccc(OC)c3)n2)cc1. The first kappa shape index (κ1) is 24.3. The number of nitrogens with zero attached hydrogens (tertiary/aromatic N) is 3. The van der Waals surface area contributed by atoms with E-state index in [1.807, 2.05) is 74.5 Å². The Kier molecular flexibility index (Phi) is 6.77. The molecular weight excluding hydrogens is 464 g/mol. The van der Waals surface area contributed by atoms with Crippen molar-refractivity contribution < 1.29 is 14.1 Å². The first-order valence-electron chi connectivity index (χ1n) is 12.4. The summed E-state index contributed by atoms with van der Waals surface area (Å²) in [7, 11) is 1.62. The lowest BCUT2D eigenvalue weighted by atomic mass is 9.94. The smallest absolute Gasteiger partial charge is 0.322 e. The Morgan fingerprint density at radius 1 is 1.00 bits per heavy atom. The average molecular weight is 495 g/mol. The van der Waals surface area contributed by atoms with E-state index < -0.39 is 6.04 Å². The number of amides is 2. The zero-order valence-electron chi connectivity index (χ0n) is 21.5. The maximum atomic E-state index is 13.4. The van der Waals surface area contributed by atoms with E-state index in [0.29, 0.717) is 24.0 Å². The van der Waals surface area contributed by atoms with Crippen molar-refractivity contribution in [2.24, 2.45) is 0 Å². The predicted octanol–water partition coefficient (Wildman–Crippen LogP) is 6.31. The summed E-state index contributed by atoms with van der Waals surface area (Å²) in [5, 5.41) is 7.43. The van der Waals surface area contributed by atoms with Crippen molar-refractivity contribution in [3.05, 3.63) is 107 Å². The number of rotatable bonds is 7. The molecule has 2 amide bonds. The van der Waals surface area contributed by atoms with E-state index >= 15 is 0 Å². The number of nitrogens with one attached hydrogen (secondary N) is 1. The van der Waals surface area contributed by atoms with Crippen LogP contribution < -0.4 is 10.1 Å². The standard InChI is InChI=1S/C30H30N4O3/c1-5-21-13-15-23(16-14-21)28-32-29(37-33-28)26-20(3)34(18-22-11-9-19(2)10-12-22)30(35)31-27(26)24-7-6-8-25(17-24)36-4/h6-17,27H,5,18H2,1-4H3,(H,31,35). The number of aromatic nitrogens is 2. The molecule has 188 valence electrons. The molecule has 2 heterocycles. The number of ether oxygens (including phenoxy) is 1. The first-order chi connectivity index (χ1) is 18.0. The van der Waals surface area contributed by atoms with Crippen LogP contribution in [0.15, 0.2) is 83.0 Å².